The monoisotopic (exact) mass is 310 g/mol. The number of nitrogens with zero attached hydrogens (tertiary/aromatic N) is 2. The normalized spacial score (nSPS) is 28.9. The van der Waals surface area contributed by atoms with Crippen LogP contribution >= 0.6 is 0 Å². The second-order valence-electron chi connectivity index (χ2n) is 6.83. The van der Waals surface area contributed by atoms with Crippen LogP contribution in [-0.2, 0) is 11.3 Å². The van der Waals surface area contributed by atoms with Gasteiger partial charge in [0.25, 0.3) is 0 Å². The Labute approximate surface area is 135 Å². The lowest BCUT2D eigenvalue weighted by Gasteiger charge is -2.27. The van der Waals surface area contributed by atoms with Crippen molar-refractivity contribution in [2.75, 3.05) is 5.32 Å². The summed E-state index contributed by atoms with van der Waals surface area (Å²) in [5, 5.41) is 7.24. The molecule has 2 aromatic rings. The topological polar surface area (TPSA) is 72.9 Å². The average molecular weight is 310 g/mol. The van der Waals surface area contributed by atoms with Gasteiger partial charge in [0.05, 0.1) is 12.5 Å². The van der Waals surface area contributed by atoms with Crippen molar-refractivity contribution in [3.63, 3.8) is 0 Å². The highest BCUT2D eigenvalue weighted by Gasteiger charge is 2.49. The number of benzene rings is 1. The molecule has 2 aliphatic carbocycles. The Morgan fingerprint density at radius 1 is 1.26 bits per heavy atom. The molecule has 4 atom stereocenters. The van der Waals surface area contributed by atoms with E-state index in [2.05, 4.69) is 10.4 Å². The molecule has 0 spiro atoms. The van der Waals surface area contributed by atoms with Gasteiger partial charge in [-0.1, -0.05) is 12.1 Å². The van der Waals surface area contributed by atoms with Crippen molar-refractivity contribution >= 4 is 11.6 Å². The van der Waals surface area contributed by atoms with Crippen molar-refractivity contribution in [2.45, 2.75) is 31.8 Å². The fourth-order valence-electron chi connectivity index (χ4n) is 4.22. The molecular formula is C18H22N4O. The molecule has 4 rings (SSSR count). The Kier molecular flexibility index (Phi) is 3.65. The van der Waals surface area contributed by atoms with Crippen LogP contribution < -0.4 is 11.1 Å². The molecule has 1 aromatic heterocycles. The van der Waals surface area contributed by atoms with E-state index in [9.17, 15) is 4.79 Å². The first-order chi connectivity index (χ1) is 11.2. The van der Waals surface area contributed by atoms with Gasteiger partial charge in [-0.25, -0.2) is 0 Å². The Hall–Kier alpha value is -2.14. The molecule has 2 aliphatic rings. The molecule has 1 heterocycles. The van der Waals surface area contributed by atoms with Crippen molar-refractivity contribution in [1.82, 2.24) is 9.78 Å². The van der Waals surface area contributed by atoms with Crippen LogP contribution in [0.25, 0.3) is 0 Å². The van der Waals surface area contributed by atoms with Gasteiger partial charge in [0, 0.05) is 24.1 Å². The van der Waals surface area contributed by atoms with Crippen molar-refractivity contribution < 1.29 is 4.79 Å². The number of fused-ring (bicyclic) bond motifs is 2. The number of hydrogen-bond donors (Lipinski definition) is 2. The zero-order valence-corrected chi connectivity index (χ0v) is 13.1. The van der Waals surface area contributed by atoms with Crippen LogP contribution in [-0.4, -0.2) is 21.7 Å². The van der Waals surface area contributed by atoms with Crippen molar-refractivity contribution in [2.24, 2.45) is 23.5 Å². The van der Waals surface area contributed by atoms with Gasteiger partial charge in [-0.2, -0.15) is 5.10 Å². The van der Waals surface area contributed by atoms with Gasteiger partial charge in [-0.05, 0) is 54.9 Å². The van der Waals surface area contributed by atoms with Crippen molar-refractivity contribution in [3.8, 4) is 0 Å². The SMILES string of the molecule is NC1C2CCC(C2)C1C(=O)Nc1ccc(Cn2cccn2)cc1. The summed E-state index contributed by atoms with van der Waals surface area (Å²) in [6, 6.07) is 9.90. The largest absolute Gasteiger partial charge is 0.327 e. The molecule has 2 fully saturated rings. The van der Waals surface area contributed by atoms with E-state index in [0.29, 0.717) is 11.8 Å². The molecule has 0 saturated heterocycles. The van der Waals surface area contributed by atoms with Crippen LogP contribution in [0.4, 0.5) is 5.69 Å². The number of carbonyl (C=O) groups excluding carboxylic acids is 1. The van der Waals surface area contributed by atoms with Gasteiger partial charge in [0.2, 0.25) is 5.91 Å². The maximum atomic E-state index is 12.6. The minimum atomic E-state index is -0.0162. The summed E-state index contributed by atoms with van der Waals surface area (Å²) in [4.78, 5) is 12.6. The molecule has 2 bridgehead atoms. The second-order valence-corrected chi connectivity index (χ2v) is 6.83. The smallest absolute Gasteiger partial charge is 0.229 e. The van der Waals surface area contributed by atoms with Gasteiger partial charge in [-0.15, -0.1) is 0 Å². The first-order valence-corrected chi connectivity index (χ1v) is 8.33. The third-order valence-electron chi connectivity index (χ3n) is 5.41. The maximum absolute atomic E-state index is 12.6. The van der Waals surface area contributed by atoms with E-state index in [-0.39, 0.29) is 17.9 Å². The standard InChI is InChI=1S/C18H22N4O/c19-17-14-5-4-13(10-14)16(17)18(23)21-15-6-2-12(3-7-15)11-22-9-1-8-20-22/h1-3,6-9,13-14,16-17H,4-5,10-11,19H2,(H,21,23). The van der Waals surface area contributed by atoms with Crippen LogP contribution in [0, 0.1) is 17.8 Å². The quantitative estimate of drug-likeness (QED) is 0.909. The predicted molar refractivity (Wildman–Crippen MR) is 88.7 cm³/mol. The lowest BCUT2D eigenvalue weighted by atomic mass is 9.84. The van der Waals surface area contributed by atoms with Gasteiger partial charge in [-0.3, -0.25) is 9.48 Å². The van der Waals surface area contributed by atoms with E-state index in [1.54, 1.807) is 6.20 Å². The van der Waals surface area contributed by atoms with Crippen LogP contribution in [0.3, 0.4) is 0 Å². The summed E-state index contributed by atoms with van der Waals surface area (Å²) in [5.41, 5.74) is 8.25. The summed E-state index contributed by atoms with van der Waals surface area (Å²) >= 11 is 0. The average Bonchev–Trinajstić information content (AvgIpc) is 3.26. The van der Waals surface area contributed by atoms with Gasteiger partial charge < -0.3 is 11.1 Å². The predicted octanol–water partition coefficient (Wildman–Crippen LogP) is 2.24. The van der Waals surface area contributed by atoms with E-state index < -0.39 is 0 Å². The molecular weight excluding hydrogens is 288 g/mol. The molecule has 0 aliphatic heterocycles. The number of rotatable bonds is 4. The van der Waals surface area contributed by atoms with Crippen LogP contribution in [0.2, 0.25) is 0 Å². The summed E-state index contributed by atoms with van der Waals surface area (Å²) in [5.74, 6) is 1.10. The van der Waals surface area contributed by atoms with E-state index in [1.807, 2.05) is 41.2 Å². The van der Waals surface area contributed by atoms with E-state index in [4.69, 9.17) is 5.73 Å². The Bertz CT molecular complexity index is 678. The number of aromatic nitrogens is 2. The van der Waals surface area contributed by atoms with E-state index in [1.165, 1.54) is 6.42 Å². The first-order valence-electron chi connectivity index (χ1n) is 8.33. The van der Waals surface area contributed by atoms with Gasteiger partial charge >= 0.3 is 0 Å². The molecule has 120 valence electrons. The minimum absolute atomic E-state index is 0.0162. The molecule has 0 radical (unpaired) electrons. The molecule has 1 aromatic carbocycles. The highest BCUT2D eigenvalue weighted by molar-refractivity contribution is 5.93. The zero-order valence-electron chi connectivity index (χ0n) is 13.1. The third kappa shape index (κ3) is 2.77. The molecule has 4 unspecified atom stereocenters. The highest BCUT2D eigenvalue weighted by atomic mass is 16.2. The zero-order chi connectivity index (χ0) is 15.8. The van der Waals surface area contributed by atoms with Crippen LogP contribution in [0.5, 0.6) is 0 Å². The molecule has 5 heteroatoms. The Morgan fingerprint density at radius 3 is 2.70 bits per heavy atom. The molecule has 23 heavy (non-hydrogen) atoms. The number of carbonyl (C=O) groups is 1. The number of amides is 1. The molecule has 5 nitrogen and oxygen atoms in total. The summed E-state index contributed by atoms with van der Waals surface area (Å²) < 4.78 is 1.88. The van der Waals surface area contributed by atoms with Gasteiger partial charge in [0.1, 0.15) is 0 Å². The van der Waals surface area contributed by atoms with Crippen molar-refractivity contribution in [3.05, 3.63) is 48.3 Å². The van der Waals surface area contributed by atoms with E-state index >= 15 is 0 Å². The fraction of sp³-hybridized carbons (Fsp3) is 0.444. The summed E-state index contributed by atoms with van der Waals surface area (Å²) in [7, 11) is 0. The molecule has 3 N–H and O–H groups in total. The third-order valence-corrected chi connectivity index (χ3v) is 5.41. The molecule has 1 amide bonds. The Balaban J connectivity index is 1.40. The Morgan fingerprint density at radius 2 is 2.04 bits per heavy atom. The lowest BCUT2D eigenvalue weighted by molar-refractivity contribution is -0.121. The summed E-state index contributed by atoms with van der Waals surface area (Å²) in [6.07, 6.45) is 7.18. The van der Waals surface area contributed by atoms with Gasteiger partial charge in [0.15, 0.2) is 0 Å². The number of hydrogen-bond acceptors (Lipinski definition) is 3. The second kappa shape index (κ2) is 5.81. The first kappa shape index (κ1) is 14.5. The fourth-order valence-corrected chi connectivity index (χ4v) is 4.22. The highest BCUT2D eigenvalue weighted by Crippen LogP contribution is 2.47. The number of nitrogens with one attached hydrogen (secondary N) is 1. The molecule has 2 saturated carbocycles. The van der Waals surface area contributed by atoms with Crippen molar-refractivity contribution in [1.29, 1.82) is 0 Å². The lowest BCUT2D eigenvalue weighted by Crippen LogP contribution is -2.42. The summed E-state index contributed by atoms with van der Waals surface area (Å²) in [6.45, 7) is 0.735. The maximum Gasteiger partial charge on any atom is 0.229 e. The van der Waals surface area contributed by atoms with Crippen LogP contribution in [0.15, 0.2) is 42.7 Å². The van der Waals surface area contributed by atoms with Crippen LogP contribution in [0.1, 0.15) is 24.8 Å². The number of nitrogens with two attached hydrogens (primary N) is 1. The van der Waals surface area contributed by atoms with E-state index in [0.717, 1.165) is 30.6 Å². The number of anilines is 1. The minimum Gasteiger partial charge on any atom is -0.327 e.